The normalized spacial score (nSPS) is 14.9. The summed E-state index contributed by atoms with van der Waals surface area (Å²) in [5.41, 5.74) is -0.266. The number of hydrogen-bond donors (Lipinski definition) is 2. The maximum absolute atomic E-state index is 12.9. The van der Waals surface area contributed by atoms with Crippen LogP contribution in [-0.4, -0.2) is 24.7 Å². The average molecular weight is 259 g/mol. The molecule has 0 saturated heterocycles. The Morgan fingerprint density at radius 1 is 1.35 bits per heavy atom. The summed E-state index contributed by atoms with van der Waals surface area (Å²) >= 11 is 0. The van der Waals surface area contributed by atoms with E-state index in [0.717, 1.165) is 6.07 Å². The molecule has 5 nitrogen and oxygen atoms in total. The van der Waals surface area contributed by atoms with Crippen LogP contribution in [0.15, 0.2) is 29.2 Å². The lowest BCUT2D eigenvalue weighted by Crippen LogP contribution is -2.19. The van der Waals surface area contributed by atoms with Crippen LogP contribution in [0, 0.1) is 11.3 Å². The second kappa shape index (κ2) is 5.23. The van der Waals surface area contributed by atoms with Crippen LogP contribution in [0.2, 0.25) is 0 Å². The topological polar surface area (TPSA) is 98.4 Å². The Hall–Kier alpha value is -1.49. The molecule has 2 N–H and O–H groups in total. The van der Waals surface area contributed by atoms with Crippen molar-refractivity contribution in [3.63, 3.8) is 0 Å². The van der Waals surface area contributed by atoms with E-state index in [1.54, 1.807) is 6.07 Å². The SMILES string of the molecule is N#CCC(O)C(O)c1ccccc1S(=O)(=O)F. The average Bonchev–Trinajstić information content (AvgIpc) is 2.27. The fraction of sp³-hybridized carbons (Fsp3) is 0.300. The summed E-state index contributed by atoms with van der Waals surface area (Å²) in [6, 6.07) is 6.47. The molecular formula is C10H10FNO4S. The molecule has 0 aromatic heterocycles. The highest BCUT2D eigenvalue weighted by Gasteiger charge is 2.26. The molecule has 0 spiro atoms. The van der Waals surface area contributed by atoms with Gasteiger partial charge in [-0.05, 0) is 6.07 Å². The molecule has 0 aliphatic carbocycles. The zero-order chi connectivity index (χ0) is 13.1. The molecule has 1 aromatic rings. The number of halogens is 1. The molecule has 0 fully saturated rings. The number of aliphatic hydroxyl groups is 2. The van der Waals surface area contributed by atoms with Crippen molar-refractivity contribution in [3.05, 3.63) is 29.8 Å². The molecule has 2 unspecified atom stereocenters. The maximum Gasteiger partial charge on any atom is 0.332 e. The van der Waals surface area contributed by atoms with Gasteiger partial charge in [-0.3, -0.25) is 0 Å². The minimum Gasteiger partial charge on any atom is -0.389 e. The van der Waals surface area contributed by atoms with Crippen molar-refractivity contribution in [3.8, 4) is 6.07 Å². The van der Waals surface area contributed by atoms with E-state index in [2.05, 4.69) is 0 Å². The Morgan fingerprint density at radius 3 is 2.47 bits per heavy atom. The highest BCUT2D eigenvalue weighted by Crippen LogP contribution is 2.26. The van der Waals surface area contributed by atoms with Crippen molar-refractivity contribution in [2.45, 2.75) is 23.5 Å². The summed E-state index contributed by atoms with van der Waals surface area (Å²) in [7, 11) is -4.98. The Kier molecular flexibility index (Phi) is 4.17. The lowest BCUT2D eigenvalue weighted by atomic mass is 10.0. The summed E-state index contributed by atoms with van der Waals surface area (Å²) in [6.45, 7) is 0. The van der Waals surface area contributed by atoms with Gasteiger partial charge in [0.25, 0.3) is 0 Å². The number of benzene rings is 1. The molecule has 17 heavy (non-hydrogen) atoms. The predicted octanol–water partition coefficient (Wildman–Crippen LogP) is 0.653. The molecule has 0 saturated carbocycles. The van der Waals surface area contributed by atoms with Gasteiger partial charge in [0.1, 0.15) is 11.0 Å². The first-order valence-corrected chi connectivity index (χ1v) is 6.03. The van der Waals surface area contributed by atoms with Crippen LogP contribution in [0.5, 0.6) is 0 Å². The van der Waals surface area contributed by atoms with E-state index >= 15 is 0 Å². The first kappa shape index (κ1) is 13.6. The molecular weight excluding hydrogens is 249 g/mol. The Bertz CT molecular complexity index is 537. The highest BCUT2D eigenvalue weighted by molar-refractivity contribution is 7.86. The van der Waals surface area contributed by atoms with Gasteiger partial charge in [0, 0.05) is 5.56 Å². The molecule has 0 radical (unpaired) electrons. The molecule has 0 aliphatic rings. The minimum atomic E-state index is -4.98. The van der Waals surface area contributed by atoms with E-state index in [1.165, 1.54) is 18.2 Å². The number of nitrogens with zero attached hydrogens (tertiary/aromatic N) is 1. The third-order valence-electron chi connectivity index (χ3n) is 2.17. The maximum atomic E-state index is 12.9. The van der Waals surface area contributed by atoms with Gasteiger partial charge in [-0.15, -0.1) is 3.89 Å². The number of hydrogen-bond acceptors (Lipinski definition) is 5. The molecule has 0 bridgehead atoms. The molecule has 7 heteroatoms. The zero-order valence-electron chi connectivity index (χ0n) is 8.62. The van der Waals surface area contributed by atoms with Crippen molar-refractivity contribution in [2.24, 2.45) is 0 Å². The summed E-state index contributed by atoms with van der Waals surface area (Å²) in [5.74, 6) is 0. The van der Waals surface area contributed by atoms with Gasteiger partial charge in [-0.1, -0.05) is 18.2 Å². The van der Waals surface area contributed by atoms with Crippen LogP contribution in [0.3, 0.4) is 0 Å². The smallest absolute Gasteiger partial charge is 0.332 e. The Morgan fingerprint density at radius 2 is 1.94 bits per heavy atom. The summed E-state index contributed by atoms with van der Waals surface area (Å²) in [5, 5.41) is 27.4. The standard InChI is InChI=1S/C10H10FNO4S/c11-17(15,16)9-4-2-1-3-7(9)10(14)8(13)5-6-12/h1-4,8,10,13-14H,5H2. The number of aliphatic hydroxyl groups excluding tert-OH is 2. The second-order valence-electron chi connectivity index (χ2n) is 3.35. The van der Waals surface area contributed by atoms with E-state index in [0.29, 0.717) is 0 Å². The van der Waals surface area contributed by atoms with Crippen LogP contribution in [0.4, 0.5) is 3.89 Å². The minimum absolute atomic E-state index is 0.266. The lowest BCUT2D eigenvalue weighted by molar-refractivity contribution is 0.0199. The van der Waals surface area contributed by atoms with Crippen molar-refractivity contribution in [1.29, 1.82) is 5.26 Å². The van der Waals surface area contributed by atoms with E-state index in [1.807, 2.05) is 0 Å². The van der Waals surface area contributed by atoms with Crippen molar-refractivity contribution >= 4 is 10.2 Å². The van der Waals surface area contributed by atoms with Gasteiger partial charge in [-0.25, -0.2) is 0 Å². The second-order valence-corrected chi connectivity index (χ2v) is 4.67. The van der Waals surface area contributed by atoms with Crippen LogP contribution < -0.4 is 0 Å². The first-order valence-electron chi connectivity index (χ1n) is 4.64. The molecule has 1 aromatic carbocycles. The summed E-state index contributed by atoms with van der Waals surface area (Å²) in [4.78, 5) is -0.704. The zero-order valence-corrected chi connectivity index (χ0v) is 9.43. The molecule has 92 valence electrons. The van der Waals surface area contributed by atoms with Gasteiger partial charge >= 0.3 is 10.2 Å². The quantitative estimate of drug-likeness (QED) is 0.774. The monoisotopic (exact) mass is 259 g/mol. The lowest BCUT2D eigenvalue weighted by Gasteiger charge is -2.17. The molecule has 1 rings (SSSR count). The third-order valence-corrected chi connectivity index (χ3v) is 3.06. The van der Waals surface area contributed by atoms with Gasteiger partial charge < -0.3 is 10.2 Å². The fourth-order valence-corrected chi connectivity index (χ4v) is 2.07. The van der Waals surface area contributed by atoms with E-state index < -0.39 is 27.3 Å². The number of rotatable bonds is 4. The van der Waals surface area contributed by atoms with Gasteiger partial charge in [0.05, 0.1) is 18.6 Å². The van der Waals surface area contributed by atoms with Crippen molar-refractivity contribution < 1.29 is 22.5 Å². The van der Waals surface area contributed by atoms with Crippen molar-refractivity contribution in [2.75, 3.05) is 0 Å². The Balaban J connectivity index is 3.19. The molecule has 0 amide bonds. The Labute approximate surface area is 98.0 Å². The first-order chi connectivity index (χ1) is 7.88. The molecule has 0 heterocycles. The highest BCUT2D eigenvalue weighted by atomic mass is 32.3. The van der Waals surface area contributed by atoms with E-state index in [4.69, 9.17) is 5.26 Å². The summed E-state index contributed by atoms with van der Waals surface area (Å²) < 4.78 is 34.5. The molecule has 2 atom stereocenters. The van der Waals surface area contributed by atoms with E-state index in [-0.39, 0.29) is 12.0 Å². The molecule has 0 aliphatic heterocycles. The largest absolute Gasteiger partial charge is 0.389 e. The van der Waals surface area contributed by atoms with Crippen molar-refractivity contribution in [1.82, 2.24) is 0 Å². The van der Waals surface area contributed by atoms with Crippen LogP contribution in [0.1, 0.15) is 18.1 Å². The van der Waals surface area contributed by atoms with Gasteiger partial charge in [-0.2, -0.15) is 13.7 Å². The number of nitriles is 1. The van der Waals surface area contributed by atoms with Gasteiger partial charge in [0.15, 0.2) is 0 Å². The predicted molar refractivity (Wildman–Crippen MR) is 55.9 cm³/mol. The third kappa shape index (κ3) is 3.23. The van der Waals surface area contributed by atoms with Gasteiger partial charge in [0.2, 0.25) is 0 Å². The van der Waals surface area contributed by atoms with Crippen LogP contribution in [-0.2, 0) is 10.2 Å². The van der Waals surface area contributed by atoms with Crippen LogP contribution >= 0.6 is 0 Å². The van der Waals surface area contributed by atoms with Crippen LogP contribution in [0.25, 0.3) is 0 Å². The van der Waals surface area contributed by atoms with E-state index in [9.17, 15) is 22.5 Å². The fourth-order valence-electron chi connectivity index (χ4n) is 1.36. The summed E-state index contributed by atoms with van der Waals surface area (Å²) in [6.07, 6.45) is -3.48.